The van der Waals surface area contributed by atoms with E-state index in [9.17, 15) is 13.2 Å². The van der Waals surface area contributed by atoms with Gasteiger partial charge in [0.25, 0.3) is 0 Å². The lowest BCUT2D eigenvalue weighted by Gasteiger charge is -2.36. The molecule has 8 heteroatoms. The minimum Gasteiger partial charge on any atom is -0.492 e. The standard InChI is InChI=1S/C24H27F3N2O3/c25-24(26,27)21-8-4-5-9-22(21)30-15-14-28-10-12-29(13-11-28)23-18-31-20(17-32-23)16-19-6-2-1-3-7-19/h1-2,4-6,8-9,17-18H,3,7,10-16H2. The van der Waals surface area contributed by atoms with Crippen LogP contribution in [0, 0.1) is 0 Å². The Labute approximate surface area is 186 Å². The van der Waals surface area contributed by atoms with E-state index in [1.807, 2.05) is 0 Å². The monoisotopic (exact) mass is 448 g/mol. The van der Waals surface area contributed by atoms with Crippen LogP contribution in [0.25, 0.3) is 0 Å². The highest BCUT2D eigenvalue weighted by Gasteiger charge is 2.34. The second kappa shape index (κ2) is 10.2. The fraction of sp³-hybridized carbons (Fsp3) is 0.417. The number of hydrogen-bond acceptors (Lipinski definition) is 5. The van der Waals surface area contributed by atoms with Crippen LogP contribution in [-0.4, -0.2) is 49.1 Å². The van der Waals surface area contributed by atoms with E-state index in [2.05, 4.69) is 28.0 Å². The summed E-state index contributed by atoms with van der Waals surface area (Å²) in [7, 11) is 0. The summed E-state index contributed by atoms with van der Waals surface area (Å²) >= 11 is 0. The maximum atomic E-state index is 13.1. The minimum absolute atomic E-state index is 0.126. The Morgan fingerprint density at radius 3 is 2.50 bits per heavy atom. The average Bonchev–Trinajstić information content (AvgIpc) is 2.80. The number of para-hydroxylation sites is 1. The van der Waals surface area contributed by atoms with Crippen molar-refractivity contribution in [1.82, 2.24) is 9.80 Å². The molecule has 1 aliphatic carbocycles. The molecule has 0 unspecified atom stereocenters. The molecule has 1 aromatic carbocycles. The Hall–Kier alpha value is -2.87. The van der Waals surface area contributed by atoms with Crippen molar-refractivity contribution in [1.29, 1.82) is 0 Å². The predicted molar refractivity (Wildman–Crippen MR) is 114 cm³/mol. The zero-order valence-electron chi connectivity index (χ0n) is 17.8. The van der Waals surface area contributed by atoms with Gasteiger partial charge in [0.2, 0.25) is 5.88 Å². The van der Waals surface area contributed by atoms with Crippen molar-refractivity contribution < 1.29 is 27.4 Å². The zero-order valence-corrected chi connectivity index (χ0v) is 17.8. The molecule has 0 amide bonds. The van der Waals surface area contributed by atoms with Crippen molar-refractivity contribution in [2.24, 2.45) is 0 Å². The van der Waals surface area contributed by atoms with Gasteiger partial charge in [-0.1, -0.05) is 35.9 Å². The van der Waals surface area contributed by atoms with Crippen molar-refractivity contribution in [2.45, 2.75) is 25.4 Å². The summed E-state index contributed by atoms with van der Waals surface area (Å²) in [5, 5.41) is 0. The van der Waals surface area contributed by atoms with Gasteiger partial charge in [0.15, 0.2) is 6.26 Å². The Morgan fingerprint density at radius 2 is 1.81 bits per heavy atom. The van der Waals surface area contributed by atoms with Crippen LogP contribution in [0.1, 0.15) is 24.8 Å². The molecule has 0 spiro atoms. The molecule has 5 nitrogen and oxygen atoms in total. The van der Waals surface area contributed by atoms with Crippen molar-refractivity contribution in [3.63, 3.8) is 0 Å². The fourth-order valence-corrected chi connectivity index (χ4v) is 3.87. The molecule has 0 bridgehead atoms. The van der Waals surface area contributed by atoms with Crippen molar-refractivity contribution in [3.05, 3.63) is 77.8 Å². The van der Waals surface area contributed by atoms with E-state index in [-0.39, 0.29) is 12.4 Å². The van der Waals surface area contributed by atoms with Crippen LogP contribution in [0.3, 0.4) is 0 Å². The number of allylic oxidation sites excluding steroid dienone is 4. The molecule has 4 rings (SSSR count). The summed E-state index contributed by atoms with van der Waals surface area (Å²) < 4.78 is 56.2. The minimum atomic E-state index is -4.42. The molecule has 32 heavy (non-hydrogen) atoms. The highest BCUT2D eigenvalue weighted by Crippen LogP contribution is 2.35. The first kappa shape index (κ1) is 22.3. The molecule has 2 aliphatic heterocycles. The van der Waals surface area contributed by atoms with Crippen LogP contribution >= 0.6 is 0 Å². The Kier molecular flexibility index (Phi) is 7.09. The van der Waals surface area contributed by atoms with Crippen molar-refractivity contribution in [3.8, 4) is 5.75 Å². The van der Waals surface area contributed by atoms with Crippen LogP contribution in [-0.2, 0) is 15.7 Å². The van der Waals surface area contributed by atoms with Crippen LogP contribution in [0.15, 0.2) is 72.2 Å². The third-order valence-electron chi connectivity index (χ3n) is 5.67. The number of piperazine rings is 1. The van der Waals surface area contributed by atoms with Gasteiger partial charge in [-0.3, -0.25) is 4.90 Å². The smallest absolute Gasteiger partial charge is 0.419 e. The number of alkyl halides is 3. The van der Waals surface area contributed by atoms with E-state index in [1.165, 1.54) is 17.7 Å². The average molecular weight is 448 g/mol. The third-order valence-corrected chi connectivity index (χ3v) is 5.67. The largest absolute Gasteiger partial charge is 0.492 e. The molecular weight excluding hydrogens is 421 g/mol. The second-order valence-corrected chi connectivity index (χ2v) is 7.92. The van der Waals surface area contributed by atoms with E-state index in [0.717, 1.165) is 57.3 Å². The highest BCUT2D eigenvalue weighted by molar-refractivity contribution is 5.35. The van der Waals surface area contributed by atoms with E-state index in [4.69, 9.17) is 14.2 Å². The summed E-state index contributed by atoms with van der Waals surface area (Å²) in [4.78, 5) is 4.27. The number of nitrogens with zero attached hydrogens (tertiary/aromatic N) is 2. The van der Waals surface area contributed by atoms with E-state index in [0.29, 0.717) is 12.4 Å². The van der Waals surface area contributed by atoms with Gasteiger partial charge in [0.05, 0.1) is 5.56 Å². The van der Waals surface area contributed by atoms with E-state index >= 15 is 0 Å². The maximum Gasteiger partial charge on any atom is 0.419 e. The number of rotatable bonds is 7. The number of hydrogen-bond donors (Lipinski definition) is 0. The molecule has 3 aliphatic rings. The first-order chi connectivity index (χ1) is 15.5. The van der Waals surface area contributed by atoms with Gasteiger partial charge in [-0.15, -0.1) is 0 Å². The molecule has 1 fully saturated rings. The lowest BCUT2D eigenvalue weighted by Crippen LogP contribution is -2.47. The number of ether oxygens (including phenoxy) is 3. The molecule has 172 valence electrons. The normalized spacial score (nSPS) is 19.5. The summed E-state index contributed by atoms with van der Waals surface area (Å²) in [6.07, 6.45) is 8.11. The molecular formula is C24H27F3N2O3. The SMILES string of the molecule is FC(F)(F)c1ccccc1OCCN1CCN(C2=COC(CC3=CC=CCC3)=CO2)CC1. The quantitative estimate of drug-likeness (QED) is 0.583. The van der Waals surface area contributed by atoms with Crippen LogP contribution in [0.5, 0.6) is 5.75 Å². The summed E-state index contributed by atoms with van der Waals surface area (Å²) in [6, 6.07) is 5.31. The van der Waals surface area contributed by atoms with E-state index in [1.54, 1.807) is 18.6 Å². The molecule has 0 aromatic heterocycles. The van der Waals surface area contributed by atoms with Crippen LogP contribution in [0.4, 0.5) is 13.2 Å². The molecule has 0 saturated carbocycles. The van der Waals surface area contributed by atoms with Gasteiger partial charge in [-0.25, -0.2) is 0 Å². The lowest BCUT2D eigenvalue weighted by atomic mass is 10.0. The first-order valence-corrected chi connectivity index (χ1v) is 10.8. The second-order valence-electron chi connectivity index (χ2n) is 7.92. The number of benzene rings is 1. The van der Waals surface area contributed by atoms with Gasteiger partial charge in [-0.2, -0.15) is 13.2 Å². The predicted octanol–water partition coefficient (Wildman–Crippen LogP) is 5.06. The van der Waals surface area contributed by atoms with Crippen molar-refractivity contribution in [2.75, 3.05) is 39.3 Å². The van der Waals surface area contributed by atoms with Gasteiger partial charge in [0.1, 0.15) is 24.4 Å². The maximum absolute atomic E-state index is 13.1. The first-order valence-electron chi connectivity index (χ1n) is 10.8. The zero-order chi connectivity index (χ0) is 22.4. The highest BCUT2D eigenvalue weighted by atomic mass is 19.4. The molecule has 1 saturated heterocycles. The van der Waals surface area contributed by atoms with Gasteiger partial charge < -0.3 is 19.1 Å². The third kappa shape index (κ3) is 5.88. The molecule has 2 heterocycles. The molecule has 1 aromatic rings. The molecule has 0 atom stereocenters. The summed E-state index contributed by atoms with van der Waals surface area (Å²) in [6.45, 7) is 3.78. The van der Waals surface area contributed by atoms with Crippen molar-refractivity contribution >= 4 is 0 Å². The Bertz CT molecular complexity index is 913. The van der Waals surface area contributed by atoms with Gasteiger partial charge >= 0.3 is 6.18 Å². The fourth-order valence-electron chi connectivity index (χ4n) is 3.87. The van der Waals surface area contributed by atoms with Crippen LogP contribution < -0.4 is 4.74 Å². The number of halogens is 3. The van der Waals surface area contributed by atoms with Gasteiger partial charge in [-0.05, 0) is 25.0 Å². The molecule has 0 radical (unpaired) electrons. The Balaban J connectivity index is 1.19. The van der Waals surface area contributed by atoms with Gasteiger partial charge in [0, 0.05) is 39.1 Å². The summed E-state index contributed by atoms with van der Waals surface area (Å²) in [5.74, 6) is 1.35. The Morgan fingerprint density at radius 1 is 1.00 bits per heavy atom. The van der Waals surface area contributed by atoms with E-state index < -0.39 is 11.7 Å². The van der Waals surface area contributed by atoms with Crippen LogP contribution in [0.2, 0.25) is 0 Å². The summed E-state index contributed by atoms with van der Waals surface area (Å²) in [5.41, 5.74) is 0.586. The molecule has 0 N–H and O–H groups in total. The topological polar surface area (TPSA) is 34.2 Å². The lowest BCUT2D eigenvalue weighted by molar-refractivity contribution is -0.139.